The summed E-state index contributed by atoms with van der Waals surface area (Å²) in [5, 5.41) is 7.87. The SMILES string of the molecule is CC(NC(=O)/C=C/c1cn(Cc2ccccc2Cl)nc1-c1ccccc1)C(N)=O. The highest BCUT2D eigenvalue weighted by Gasteiger charge is 2.12. The molecule has 0 aliphatic heterocycles. The van der Waals surface area contributed by atoms with Gasteiger partial charge in [-0.05, 0) is 24.6 Å². The van der Waals surface area contributed by atoms with Crippen molar-refractivity contribution in [3.05, 3.63) is 83.0 Å². The molecular weight excluding hydrogens is 388 g/mol. The summed E-state index contributed by atoms with van der Waals surface area (Å²) in [6.45, 7) is 2.03. The predicted octanol–water partition coefficient (Wildman–Crippen LogP) is 3.26. The monoisotopic (exact) mass is 408 g/mol. The molecule has 3 N–H and O–H groups in total. The van der Waals surface area contributed by atoms with Crippen LogP contribution in [0.1, 0.15) is 18.1 Å². The van der Waals surface area contributed by atoms with Crippen LogP contribution >= 0.6 is 11.6 Å². The molecule has 2 aromatic carbocycles. The van der Waals surface area contributed by atoms with Crippen molar-refractivity contribution in [1.29, 1.82) is 0 Å². The maximum atomic E-state index is 12.1. The maximum absolute atomic E-state index is 12.1. The number of nitrogens with one attached hydrogen (secondary N) is 1. The van der Waals surface area contributed by atoms with Crippen molar-refractivity contribution in [2.45, 2.75) is 19.5 Å². The fraction of sp³-hybridized carbons (Fsp3) is 0.136. The summed E-state index contributed by atoms with van der Waals surface area (Å²) in [4.78, 5) is 23.2. The number of carbonyl (C=O) groups excluding carboxylic acids is 2. The Morgan fingerprint density at radius 3 is 2.55 bits per heavy atom. The van der Waals surface area contributed by atoms with Gasteiger partial charge in [-0.2, -0.15) is 5.10 Å². The molecule has 0 fully saturated rings. The molecule has 29 heavy (non-hydrogen) atoms. The summed E-state index contributed by atoms with van der Waals surface area (Å²) < 4.78 is 1.78. The number of rotatable bonds is 7. The van der Waals surface area contributed by atoms with Gasteiger partial charge in [0, 0.05) is 28.4 Å². The minimum Gasteiger partial charge on any atom is -0.368 e. The van der Waals surface area contributed by atoms with Gasteiger partial charge in [-0.3, -0.25) is 14.3 Å². The van der Waals surface area contributed by atoms with Gasteiger partial charge in [0.15, 0.2) is 0 Å². The first kappa shape index (κ1) is 20.4. The standard InChI is InChI=1S/C22H21ClN4O2/c1-15(22(24)29)25-20(28)12-11-18-14-27(13-17-9-5-6-10-19(17)23)26-21(18)16-7-3-2-4-8-16/h2-12,14-15H,13H2,1H3,(H2,24,29)(H,25,28)/b12-11+. The number of hydrogen-bond acceptors (Lipinski definition) is 3. The van der Waals surface area contributed by atoms with Gasteiger partial charge in [-0.25, -0.2) is 0 Å². The smallest absolute Gasteiger partial charge is 0.244 e. The van der Waals surface area contributed by atoms with Crippen LogP contribution in [0.3, 0.4) is 0 Å². The summed E-state index contributed by atoms with van der Waals surface area (Å²) in [6, 6.07) is 16.5. The first-order valence-corrected chi connectivity index (χ1v) is 9.46. The van der Waals surface area contributed by atoms with Gasteiger partial charge in [0.05, 0.1) is 12.2 Å². The molecule has 0 saturated carbocycles. The molecule has 0 spiro atoms. The molecule has 6 nitrogen and oxygen atoms in total. The van der Waals surface area contributed by atoms with E-state index in [0.717, 1.165) is 22.4 Å². The van der Waals surface area contributed by atoms with Crippen molar-refractivity contribution >= 4 is 29.5 Å². The molecule has 1 heterocycles. The molecule has 0 bridgehead atoms. The number of hydrogen-bond donors (Lipinski definition) is 2. The summed E-state index contributed by atoms with van der Waals surface area (Å²) in [6.07, 6.45) is 4.89. The van der Waals surface area contributed by atoms with Crippen LogP contribution in [0, 0.1) is 0 Å². The van der Waals surface area contributed by atoms with Crippen LogP contribution in [-0.2, 0) is 16.1 Å². The zero-order valence-electron chi connectivity index (χ0n) is 15.9. The minimum absolute atomic E-state index is 0.408. The average molecular weight is 409 g/mol. The summed E-state index contributed by atoms with van der Waals surface area (Å²) >= 11 is 6.27. The number of aromatic nitrogens is 2. The lowest BCUT2D eigenvalue weighted by Gasteiger charge is -2.07. The van der Waals surface area contributed by atoms with Crippen LogP contribution in [0.5, 0.6) is 0 Å². The second-order valence-corrected chi connectivity index (χ2v) is 6.96. The van der Waals surface area contributed by atoms with Gasteiger partial charge in [0.1, 0.15) is 6.04 Å². The van der Waals surface area contributed by atoms with Gasteiger partial charge in [-0.15, -0.1) is 0 Å². The summed E-state index contributed by atoms with van der Waals surface area (Å²) in [7, 11) is 0. The van der Waals surface area contributed by atoms with Gasteiger partial charge in [0.2, 0.25) is 11.8 Å². The Morgan fingerprint density at radius 2 is 1.86 bits per heavy atom. The third kappa shape index (κ3) is 5.33. The highest BCUT2D eigenvalue weighted by Crippen LogP contribution is 2.24. The van der Waals surface area contributed by atoms with E-state index in [-0.39, 0.29) is 0 Å². The van der Waals surface area contributed by atoms with E-state index in [1.54, 1.807) is 10.8 Å². The molecule has 1 aromatic heterocycles. The Kier molecular flexibility index (Phi) is 6.46. The molecule has 0 saturated heterocycles. The van der Waals surface area contributed by atoms with Gasteiger partial charge >= 0.3 is 0 Å². The molecule has 0 radical (unpaired) electrons. The van der Waals surface area contributed by atoms with Crippen molar-refractivity contribution in [3.63, 3.8) is 0 Å². The Labute approximate surface area is 174 Å². The van der Waals surface area contributed by atoms with E-state index in [2.05, 4.69) is 10.4 Å². The van der Waals surface area contributed by atoms with E-state index in [4.69, 9.17) is 17.3 Å². The molecule has 0 aliphatic rings. The largest absolute Gasteiger partial charge is 0.368 e. The van der Waals surface area contributed by atoms with E-state index in [1.807, 2.05) is 60.8 Å². The lowest BCUT2D eigenvalue weighted by Crippen LogP contribution is -2.41. The number of amides is 2. The quantitative estimate of drug-likeness (QED) is 0.588. The van der Waals surface area contributed by atoms with Gasteiger partial charge < -0.3 is 11.1 Å². The highest BCUT2D eigenvalue weighted by atomic mass is 35.5. The fourth-order valence-electron chi connectivity index (χ4n) is 2.76. The predicted molar refractivity (Wildman–Crippen MR) is 114 cm³/mol. The molecule has 2 amide bonds. The van der Waals surface area contributed by atoms with Crippen molar-refractivity contribution < 1.29 is 9.59 Å². The van der Waals surface area contributed by atoms with Gasteiger partial charge in [0.25, 0.3) is 0 Å². The average Bonchev–Trinajstić information content (AvgIpc) is 3.11. The molecular formula is C22H21ClN4O2. The Morgan fingerprint density at radius 1 is 1.17 bits per heavy atom. The first-order valence-electron chi connectivity index (χ1n) is 9.08. The first-order chi connectivity index (χ1) is 13.9. The molecule has 7 heteroatoms. The van der Waals surface area contributed by atoms with Crippen LogP contribution < -0.4 is 11.1 Å². The van der Waals surface area contributed by atoms with E-state index in [9.17, 15) is 9.59 Å². The molecule has 1 unspecified atom stereocenters. The third-order valence-electron chi connectivity index (χ3n) is 4.33. The van der Waals surface area contributed by atoms with Crippen LogP contribution in [0.4, 0.5) is 0 Å². The molecule has 148 valence electrons. The molecule has 3 rings (SSSR count). The molecule has 0 aliphatic carbocycles. The Bertz CT molecular complexity index is 1040. The van der Waals surface area contributed by atoms with Crippen LogP contribution in [-0.4, -0.2) is 27.6 Å². The van der Waals surface area contributed by atoms with Crippen LogP contribution in [0.25, 0.3) is 17.3 Å². The van der Waals surface area contributed by atoms with Crippen molar-refractivity contribution in [1.82, 2.24) is 15.1 Å². The fourth-order valence-corrected chi connectivity index (χ4v) is 2.95. The number of primary amides is 1. The number of halogens is 1. The lowest BCUT2D eigenvalue weighted by molar-refractivity contribution is -0.124. The van der Waals surface area contributed by atoms with E-state index in [0.29, 0.717) is 11.6 Å². The van der Waals surface area contributed by atoms with Crippen molar-refractivity contribution in [2.24, 2.45) is 5.73 Å². The lowest BCUT2D eigenvalue weighted by atomic mass is 10.1. The second kappa shape index (κ2) is 9.21. The van der Waals surface area contributed by atoms with E-state index < -0.39 is 17.9 Å². The van der Waals surface area contributed by atoms with E-state index >= 15 is 0 Å². The summed E-state index contributed by atoms with van der Waals surface area (Å²) in [5.41, 5.74) is 8.56. The third-order valence-corrected chi connectivity index (χ3v) is 4.70. The Hall–Kier alpha value is -3.38. The summed E-state index contributed by atoms with van der Waals surface area (Å²) in [5.74, 6) is -1.00. The number of carbonyl (C=O) groups is 2. The number of nitrogens with two attached hydrogens (primary N) is 1. The minimum atomic E-state index is -0.747. The topological polar surface area (TPSA) is 90.0 Å². The highest BCUT2D eigenvalue weighted by molar-refractivity contribution is 6.31. The van der Waals surface area contributed by atoms with Crippen LogP contribution in [0.15, 0.2) is 66.9 Å². The normalized spacial score (nSPS) is 12.1. The zero-order chi connectivity index (χ0) is 20.8. The maximum Gasteiger partial charge on any atom is 0.244 e. The second-order valence-electron chi connectivity index (χ2n) is 6.55. The van der Waals surface area contributed by atoms with Crippen molar-refractivity contribution in [2.75, 3.05) is 0 Å². The zero-order valence-corrected chi connectivity index (χ0v) is 16.6. The molecule has 3 aromatic rings. The Balaban J connectivity index is 1.89. The van der Waals surface area contributed by atoms with Crippen molar-refractivity contribution in [3.8, 4) is 11.3 Å². The van der Waals surface area contributed by atoms with Gasteiger partial charge in [-0.1, -0.05) is 60.1 Å². The van der Waals surface area contributed by atoms with E-state index in [1.165, 1.54) is 13.0 Å². The molecule has 1 atom stereocenters. The number of nitrogens with zero attached hydrogens (tertiary/aromatic N) is 2. The van der Waals surface area contributed by atoms with Crippen LogP contribution in [0.2, 0.25) is 5.02 Å². The number of benzene rings is 2.